The van der Waals surface area contributed by atoms with Crippen LogP contribution < -0.4 is 16.0 Å². The van der Waals surface area contributed by atoms with E-state index in [1.54, 1.807) is 19.2 Å². The number of rotatable bonds is 8. The number of carbonyl (C=O) groups excluding carboxylic acids is 3. The van der Waals surface area contributed by atoms with Crippen molar-refractivity contribution in [2.45, 2.75) is 57.5 Å². The Morgan fingerprint density at radius 3 is 2.53 bits per heavy atom. The van der Waals surface area contributed by atoms with Gasteiger partial charge in [0.1, 0.15) is 11.8 Å². The molecule has 2 aliphatic rings. The molecule has 0 radical (unpaired) electrons. The molecule has 7 heteroatoms. The van der Waals surface area contributed by atoms with E-state index in [0.29, 0.717) is 12.3 Å². The molecule has 0 bridgehead atoms. The van der Waals surface area contributed by atoms with Gasteiger partial charge < -0.3 is 20.4 Å². The Morgan fingerprint density at radius 1 is 1.03 bits per heavy atom. The summed E-state index contributed by atoms with van der Waals surface area (Å²) in [7, 11) is 1.59. The van der Waals surface area contributed by atoms with Gasteiger partial charge >= 0.3 is 0 Å². The molecule has 7 nitrogen and oxygen atoms in total. The maximum Gasteiger partial charge on any atom is 0.287 e. The van der Waals surface area contributed by atoms with Crippen molar-refractivity contribution >= 4 is 17.7 Å². The normalized spacial score (nSPS) is 17.4. The summed E-state index contributed by atoms with van der Waals surface area (Å²) in [5, 5.41) is 8.52. The Kier molecular flexibility index (Phi) is 6.93. The highest BCUT2D eigenvalue weighted by atomic mass is 16.4. The minimum atomic E-state index is -0.556. The fourth-order valence-corrected chi connectivity index (χ4v) is 4.36. The van der Waals surface area contributed by atoms with Crippen LogP contribution in [0.15, 0.2) is 40.8 Å². The minimum absolute atomic E-state index is 0.107. The summed E-state index contributed by atoms with van der Waals surface area (Å²) < 4.78 is 5.83. The minimum Gasteiger partial charge on any atom is -0.451 e. The van der Waals surface area contributed by atoms with Crippen LogP contribution in [0.25, 0.3) is 11.3 Å². The van der Waals surface area contributed by atoms with E-state index in [2.05, 4.69) is 16.0 Å². The standard InChI is InChI=1S/C25H31N3O4/c1-26-25(31)22(17-7-3-2-4-8-17)28-24(30)21-13-12-20(32-21)19-9-5-6-16(14-19)15-27-23(29)18-10-11-18/h5-6,9,12-14,17-18,22H,2-4,7-8,10-11,15H2,1H3,(H,26,31)(H,27,29)(H,28,30)/t22-/m0/s1. The summed E-state index contributed by atoms with van der Waals surface area (Å²) in [5.41, 5.74) is 1.80. The van der Waals surface area contributed by atoms with Crippen LogP contribution >= 0.6 is 0 Å². The molecule has 170 valence electrons. The van der Waals surface area contributed by atoms with Crippen LogP contribution in [0.5, 0.6) is 0 Å². The molecule has 0 unspecified atom stereocenters. The largest absolute Gasteiger partial charge is 0.451 e. The smallest absolute Gasteiger partial charge is 0.287 e. The number of likely N-dealkylation sites (N-methyl/N-ethyl adjacent to an activating group) is 1. The Balaban J connectivity index is 1.42. The first kappa shape index (κ1) is 22.1. The monoisotopic (exact) mass is 437 g/mol. The van der Waals surface area contributed by atoms with Crippen LogP contribution in [-0.2, 0) is 16.1 Å². The van der Waals surface area contributed by atoms with E-state index >= 15 is 0 Å². The third-order valence-electron chi connectivity index (χ3n) is 6.39. The van der Waals surface area contributed by atoms with Crippen molar-refractivity contribution in [2.24, 2.45) is 11.8 Å². The predicted molar refractivity (Wildman–Crippen MR) is 121 cm³/mol. The van der Waals surface area contributed by atoms with Crippen LogP contribution in [-0.4, -0.2) is 30.8 Å². The second kappa shape index (κ2) is 10.0. The highest BCUT2D eigenvalue weighted by Crippen LogP contribution is 2.29. The van der Waals surface area contributed by atoms with Crippen LogP contribution in [0.2, 0.25) is 0 Å². The second-order valence-electron chi connectivity index (χ2n) is 8.82. The average Bonchev–Trinajstić information content (AvgIpc) is 3.57. The molecule has 2 saturated carbocycles. The van der Waals surface area contributed by atoms with E-state index in [0.717, 1.165) is 49.7 Å². The molecular formula is C25H31N3O4. The first-order chi connectivity index (χ1) is 15.5. The zero-order valence-corrected chi connectivity index (χ0v) is 18.5. The molecule has 3 amide bonds. The lowest BCUT2D eigenvalue weighted by molar-refractivity contribution is -0.124. The number of amides is 3. The highest BCUT2D eigenvalue weighted by molar-refractivity contribution is 5.96. The van der Waals surface area contributed by atoms with Gasteiger partial charge in [-0.2, -0.15) is 0 Å². The third kappa shape index (κ3) is 5.39. The molecule has 0 aliphatic heterocycles. The Labute approximate surface area is 188 Å². The van der Waals surface area contributed by atoms with Gasteiger partial charge in [0.25, 0.3) is 5.91 Å². The quantitative estimate of drug-likeness (QED) is 0.589. The zero-order chi connectivity index (χ0) is 22.5. The molecule has 0 saturated heterocycles. The van der Waals surface area contributed by atoms with E-state index in [1.165, 1.54) is 6.42 Å². The number of nitrogens with one attached hydrogen (secondary N) is 3. The van der Waals surface area contributed by atoms with Crippen LogP contribution in [0.1, 0.15) is 61.1 Å². The summed E-state index contributed by atoms with van der Waals surface area (Å²) in [6.45, 7) is 0.465. The number of hydrogen-bond donors (Lipinski definition) is 3. The van der Waals surface area contributed by atoms with Gasteiger partial charge in [-0.25, -0.2) is 0 Å². The van der Waals surface area contributed by atoms with Crippen molar-refractivity contribution in [3.63, 3.8) is 0 Å². The molecular weight excluding hydrogens is 406 g/mol. The van der Waals surface area contributed by atoms with Crippen LogP contribution in [0, 0.1) is 11.8 Å². The van der Waals surface area contributed by atoms with Crippen molar-refractivity contribution in [3.8, 4) is 11.3 Å². The average molecular weight is 438 g/mol. The molecule has 32 heavy (non-hydrogen) atoms. The molecule has 2 aliphatic carbocycles. The predicted octanol–water partition coefficient (Wildman–Crippen LogP) is 3.40. The topological polar surface area (TPSA) is 100 Å². The van der Waals surface area contributed by atoms with Crippen molar-refractivity contribution in [2.75, 3.05) is 7.05 Å². The van der Waals surface area contributed by atoms with Gasteiger partial charge in [0.05, 0.1) is 0 Å². The lowest BCUT2D eigenvalue weighted by Gasteiger charge is -2.29. The number of hydrogen-bond acceptors (Lipinski definition) is 4. The first-order valence-electron chi connectivity index (χ1n) is 11.5. The van der Waals surface area contributed by atoms with E-state index < -0.39 is 6.04 Å². The van der Waals surface area contributed by atoms with Crippen molar-refractivity contribution < 1.29 is 18.8 Å². The van der Waals surface area contributed by atoms with Gasteiger partial charge in [0.2, 0.25) is 11.8 Å². The molecule has 2 aromatic rings. The third-order valence-corrected chi connectivity index (χ3v) is 6.39. The van der Waals surface area contributed by atoms with E-state index in [1.807, 2.05) is 24.3 Å². The lowest BCUT2D eigenvalue weighted by Crippen LogP contribution is -2.50. The van der Waals surface area contributed by atoms with Crippen molar-refractivity contribution in [1.82, 2.24) is 16.0 Å². The summed E-state index contributed by atoms with van der Waals surface area (Å²) in [4.78, 5) is 37.1. The van der Waals surface area contributed by atoms with Gasteiger partial charge in [0.15, 0.2) is 5.76 Å². The SMILES string of the molecule is CNC(=O)[C@@H](NC(=O)c1ccc(-c2cccc(CNC(=O)C3CC3)c2)o1)C1CCCCC1. The fourth-order valence-electron chi connectivity index (χ4n) is 4.36. The highest BCUT2D eigenvalue weighted by Gasteiger charge is 2.31. The van der Waals surface area contributed by atoms with Crippen molar-refractivity contribution in [1.29, 1.82) is 0 Å². The van der Waals surface area contributed by atoms with Crippen LogP contribution in [0.3, 0.4) is 0 Å². The van der Waals surface area contributed by atoms with E-state index in [4.69, 9.17) is 4.42 Å². The van der Waals surface area contributed by atoms with E-state index in [9.17, 15) is 14.4 Å². The maximum absolute atomic E-state index is 12.8. The molecule has 1 aromatic heterocycles. The summed E-state index contributed by atoms with van der Waals surface area (Å²) in [6.07, 6.45) is 7.16. The summed E-state index contributed by atoms with van der Waals surface area (Å²) in [6, 6.07) is 10.5. The summed E-state index contributed by atoms with van der Waals surface area (Å²) in [5.74, 6) is 0.621. The maximum atomic E-state index is 12.8. The number of furan rings is 1. The fraction of sp³-hybridized carbons (Fsp3) is 0.480. The second-order valence-corrected chi connectivity index (χ2v) is 8.82. The first-order valence-corrected chi connectivity index (χ1v) is 11.5. The Morgan fingerprint density at radius 2 is 1.81 bits per heavy atom. The van der Waals surface area contributed by atoms with Gasteiger partial charge in [-0.1, -0.05) is 37.5 Å². The molecule has 1 atom stereocenters. The number of benzene rings is 1. The molecule has 3 N–H and O–H groups in total. The summed E-state index contributed by atoms with van der Waals surface area (Å²) >= 11 is 0. The van der Waals surface area contributed by atoms with Gasteiger partial charge in [0, 0.05) is 25.1 Å². The van der Waals surface area contributed by atoms with Crippen LogP contribution in [0.4, 0.5) is 0 Å². The van der Waals surface area contributed by atoms with Gasteiger partial charge in [-0.05, 0) is 55.4 Å². The zero-order valence-electron chi connectivity index (χ0n) is 18.5. The molecule has 4 rings (SSSR count). The number of carbonyl (C=O) groups is 3. The molecule has 2 fully saturated rings. The van der Waals surface area contributed by atoms with Gasteiger partial charge in [-0.3, -0.25) is 14.4 Å². The Hall–Kier alpha value is -3.09. The lowest BCUT2D eigenvalue weighted by atomic mass is 9.83. The van der Waals surface area contributed by atoms with E-state index in [-0.39, 0.29) is 35.3 Å². The van der Waals surface area contributed by atoms with Gasteiger partial charge in [-0.15, -0.1) is 0 Å². The molecule has 0 spiro atoms. The molecule has 1 heterocycles. The molecule has 1 aromatic carbocycles. The van der Waals surface area contributed by atoms with Crippen molar-refractivity contribution in [3.05, 3.63) is 47.7 Å². The Bertz CT molecular complexity index is 973.